The highest BCUT2D eigenvalue weighted by atomic mass is 16.7. The molecule has 9 heavy (non-hydrogen) atoms. The fraction of sp³-hybridized carbons (Fsp3) is 0.400. The largest absolute Gasteiger partial charge is 0.480 e. The summed E-state index contributed by atoms with van der Waals surface area (Å²) >= 11 is 0. The van der Waals surface area contributed by atoms with Gasteiger partial charge in [-0.1, -0.05) is 6.58 Å². The van der Waals surface area contributed by atoms with E-state index in [1.165, 1.54) is 6.26 Å². The summed E-state index contributed by atoms with van der Waals surface area (Å²) in [6, 6.07) is 0. The lowest BCUT2D eigenvalue weighted by atomic mass is 10.8. The van der Waals surface area contributed by atoms with E-state index >= 15 is 0 Å². The number of carboxylic acid groups (broad SMARTS) is 1. The van der Waals surface area contributed by atoms with E-state index in [1.54, 1.807) is 0 Å². The Labute approximate surface area is 52.7 Å². The average Bonchev–Trinajstić information content (AvgIpc) is 1.80. The molecule has 0 bridgehead atoms. The lowest BCUT2D eigenvalue weighted by molar-refractivity contribution is -0.145. The van der Waals surface area contributed by atoms with E-state index < -0.39 is 5.97 Å². The third kappa shape index (κ3) is 6.97. The van der Waals surface area contributed by atoms with E-state index in [1.807, 2.05) is 0 Å². The van der Waals surface area contributed by atoms with Crippen molar-refractivity contribution in [1.82, 2.24) is 0 Å². The van der Waals surface area contributed by atoms with Crippen LogP contribution < -0.4 is 0 Å². The first-order valence-corrected chi connectivity index (χ1v) is 2.29. The maximum absolute atomic E-state index is 9.76. The predicted molar refractivity (Wildman–Crippen MR) is 29.7 cm³/mol. The van der Waals surface area contributed by atoms with Crippen molar-refractivity contribution in [3.63, 3.8) is 0 Å². The van der Waals surface area contributed by atoms with Crippen molar-refractivity contribution in [2.75, 3.05) is 13.4 Å². The normalized spacial score (nSPS) is 8.44. The van der Waals surface area contributed by atoms with Crippen molar-refractivity contribution in [3.8, 4) is 0 Å². The highest BCUT2D eigenvalue weighted by molar-refractivity contribution is 5.67. The van der Waals surface area contributed by atoms with Crippen LogP contribution in [0.15, 0.2) is 12.8 Å². The first kappa shape index (κ1) is 7.97. The molecular weight excluding hydrogens is 124 g/mol. The lowest BCUT2D eigenvalue weighted by Gasteiger charge is -1.97. The molecule has 0 atom stereocenters. The fourth-order valence-corrected chi connectivity index (χ4v) is 0.225. The number of aliphatic carboxylic acids is 1. The zero-order valence-corrected chi connectivity index (χ0v) is 4.87. The highest BCUT2D eigenvalue weighted by Crippen LogP contribution is 1.76. The molecule has 0 fully saturated rings. The molecule has 0 aliphatic heterocycles. The Morgan fingerprint density at radius 3 is 2.89 bits per heavy atom. The average molecular weight is 132 g/mol. The van der Waals surface area contributed by atoms with E-state index in [9.17, 15) is 4.79 Å². The number of hydrogen-bond acceptors (Lipinski definition) is 3. The van der Waals surface area contributed by atoms with Gasteiger partial charge in [0.25, 0.3) is 0 Å². The first-order valence-electron chi connectivity index (χ1n) is 2.29. The van der Waals surface area contributed by atoms with Crippen LogP contribution in [0.5, 0.6) is 0 Å². The van der Waals surface area contributed by atoms with E-state index in [-0.39, 0.29) is 13.4 Å². The van der Waals surface area contributed by atoms with Crippen LogP contribution in [0.25, 0.3) is 0 Å². The summed E-state index contributed by atoms with van der Waals surface area (Å²) in [4.78, 5) is 9.76. The van der Waals surface area contributed by atoms with Gasteiger partial charge in [-0.25, -0.2) is 4.79 Å². The number of rotatable bonds is 5. The molecule has 0 spiro atoms. The van der Waals surface area contributed by atoms with Gasteiger partial charge in [-0.3, -0.25) is 0 Å². The molecule has 52 valence electrons. The molecule has 0 unspecified atom stereocenters. The second kappa shape index (κ2) is 5.11. The second-order valence-corrected chi connectivity index (χ2v) is 1.19. The summed E-state index contributed by atoms with van der Waals surface area (Å²) in [5, 5.41) is 8.01. The number of hydrogen-bond donors (Lipinski definition) is 1. The fourth-order valence-electron chi connectivity index (χ4n) is 0.225. The van der Waals surface area contributed by atoms with Gasteiger partial charge < -0.3 is 14.6 Å². The molecule has 4 nitrogen and oxygen atoms in total. The summed E-state index contributed by atoms with van der Waals surface area (Å²) < 4.78 is 8.90. The van der Waals surface area contributed by atoms with Crippen LogP contribution in [0, 0.1) is 0 Å². The number of carbonyl (C=O) groups is 1. The number of carboxylic acids is 1. The summed E-state index contributed by atoms with van der Waals surface area (Å²) in [7, 11) is 0. The molecule has 0 radical (unpaired) electrons. The summed E-state index contributed by atoms with van der Waals surface area (Å²) in [5.41, 5.74) is 0. The van der Waals surface area contributed by atoms with Crippen molar-refractivity contribution in [3.05, 3.63) is 12.8 Å². The maximum Gasteiger partial charge on any atom is 0.329 e. The Hall–Kier alpha value is -1.03. The molecule has 0 heterocycles. The van der Waals surface area contributed by atoms with Crippen LogP contribution in [0.3, 0.4) is 0 Å². The van der Waals surface area contributed by atoms with Crippen LogP contribution in [0.4, 0.5) is 0 Å². The van der Waals surface area contributed by atoms with Crippen molar-refractivity contribution in [1.29, 1.82) is 0 Å². The molecule has 0 saturated carbocycles. The summed E-state index contributed by atoms with van der Waals surface area (Å²) in [6.45, 7) is 2.83. The minimum atomic E-state index is -1.01. The van der Waals surface area contributed by atoms with Crippen molar-refractivity contribution in [2.24, 2.45) is 0 Å². The predicted octanol–water partition coefficient (Wildman–Crippen LogP) is 0.205. The zero-order chi connectivity index (χ0) is 7.11. The third-order valence-electron chi connectivity index (χ3n) is 0.495. The molecule has 0 aromatic heterocycles. The van der Waals surface area contributed by atoms with Gasteiger partial charge >= 0.3 is 5.97 Å². The molecule has 0 saturated heterocycles. The van der Waals surface area contributed by atoms with E-state index in [2.05, 4.69) is 16.1 Å². The zero-order valence-electron chi connectivity index (χ0n) is 4.87. The molecule has 0 rings (SSSR count). The van der Waals surface area contributed by atoms with E-state index in [4.69, 9.17) is 5.11 Å². The van der Waals surface area contributed by atoms with Crippen LogP contribution in [0.2, 0.25) is 0 Å². The Morgan fingerprint density at radius 2 is 2.44 bits per heavy atom. The molecule has 1 N–H and O–H groups in total. The van der Waals surface area contributed by atoms with Crippen LogP contribution in [0.1, 0.15) is 0 Å². The van der Waals surface area contributed by atoms with Gasteiger partial charge in [0.2, 0.25) is 0 Å². The standard InChI is InChI=1S/C5H8O4/c1-2-8-4-9-3-5(6)7/h2H,1,3-4H2,(H,6,7). The molecule has 0 amide bonds. The molecule has 0 aliphatic rings. The van der Waals surface area contributed by atoms with Gasteiger partial charge in [-0.2, -0.15) is 0 Å². The summed E-state index contributed by atoms with van der Waals surface area (Å²) in [5.74, 6) is -1.01. The topological polar surface area (TPSA) is 55.8 Å². The Morgan fingerprint density at radius 1 is 1.78 bits per heavy atom. The van der Waals surface area contributed by atoms with Crippen LogP contribution in [-0.4, -0.2) is 24.5 Å². The van der Waals surface area contributed by atoms with Gasteiger partial charge in [0.15, 0.2) is 6.79 Å². The van der Waals surface area contributed by atoms with Gasteiger partial charge in [0, 0.05) is 0 Å². The van der Waals surface area contributed by atoms with Gasteiger partial charge in [0.05, 0.1) is 6.26 Å². The molecule has 4 heteroatoms. The van der Waals surface area contributed by atoms with Gasteiger partial charge in [-0.15, -0.1) is 0 Å². The van der Waals surface area contributed by atoms with Gasteiger partial charge in [-0.05, 0) is 0 Å². The number of ether oxygens (including phenoxy) is 2. The van der Waals surface area contributed by atoms with Gasteiger partial charge in [0.1, 0.15) is 6.61 Å². The highest BCUT2D eigenvalue weighted by Gasteiger charge is 1.92. The molecule has 0 aromatic rings. The van der Waals surface area contributed by atoms with Crippen molar-refractivity contribution >= 4 is 5.97 Å². The third-order valence-corrected chi connectivity index (χ3v) is 0.495. The quantitative estimate of drug-likeness (QED) is 0.330. The lowest BCUT2D eigenvalue weighted by Crippen LogP contribution is -2.07. The smallest absolute Gasteiger partial charge is 0.329 e. The van der Waals surface area contributed by atoms with Crippen LogP contribution >= 0.6 is 0 Å². The van der Waals surface area contributed by atoms with Crippen LogP contribution in [-0.2, 0) is 14.3 Å². The van der Waals surface area contributed by atoms with E-state index in [0.29, 0.717) is 0 Å². The molecule has 0 aliphatic carbocycles. The van der Waals surface area contributed by atoms with E-state index in [0.717, 1.165) is 0 Å². The molecule has 0 aromatic carbocycles. The van der Waals surface area contributed by atoms with Crippen molar-refractivity contribution in [2.45, 2.75) is 0 Å². The Bertz CT molecular complexity index is 99.1. The second-order valence-electron chi connectivity index (χ2n) is 1.19. The van der Waals surface area contributed by atoms with Crippen molar-refractivity contribution < 1.29 is 19.4 Å². The minimum Gasteiger partial charge on any atom is -0.480 e. The first-order chi connectivity index (χ1) is 4.27. The maximum atomic E-state index is 9.76. The molecular formula is C5H8O4. The Kier molecular flexibility index (Phi) is 4.53. The minimum absolute atomic E-state index is 0.0597. The Balaban J connectivity index is 2.91. The monoisotopic (exact) mass is 132 g/mol. The summed E-state index contributed by atoms with van der Waals surface area (Å²) in [6.07, 6.45) is 1.18. The SMILES string of the molecule is C=COCOCC(=O)O.